The number of urea groups is 1. The quantitative estimate of drug-likeness (QED) is 0.852. The number of carbonyl (C=O) groups is 3. The van der Waals surface area contributed by atoms with E-state index in [1.54, 1.807) is 11.8 Å². The zero-order valence-corrected chi connectivity index (χ0v) is 15.9. The highest BCUT2D eigenvalue weighted by Gasteiger charge is 2.43. The number of carboxylic acids is 1. The molecule has 2 heterocycles. The fourth-order valence-electron chi connectivity index (χ4n) is 3.96. The van der Waals surface area contributed by atoms with Gasteiger partial charge < -0.3 is 20.2 Å². The molecule has 2 fully saturated rings. The molecular weight excluding hydrogens is 346 g/mol. The number of nitrogens with zero attached hydrogens (tertiary/aromatic N) is 2. The Balaban J connectivity index is 1.59. The lowest BCUT2D eigenvalue weighted by molar-refractivity contribution is -0.154. The second kappa shape index (κ2) is 7.58. The molecule has 1 spiro atoms. The molecule has 0 radical (unpaired) electrons. The number of aryl methyl sites for hydroxylation is 1. The Hall–Kier alpha value is -2.57. The van der Waals surface area contributed by atoms with E-state index in [4.69, 9.17) is 0 Å². The van der Waals surface area contributed by atoms with Crippen molar-refractivity contribution in [2.75, 3.05) is 25.0 Å². The van der Waals surface area contributed by atoms with E-state index < -0.39 is 12.0 Å². The first kappa shape index (κ1) is 19.2. The van der Waals surface area contributed by atoms with Gasteiger partial charge in [0.2, 0.25) is 5.91 Å². The smallest absolute Gasteiger partial charge is 0.326 e. The first-order chi connectivity index (χ1) is 12.8. The van der Waals surface area contributed by atoms with Gasteiger partial charge >= 0.3 is 12.0 Å². The van der Waals surface area contributed by atoms with Crippen LogP contribution in [0.5, 0.6) is 0 Å². The zero-order chi connectivity index (χ0) is 19.6. The molecular formula is C20H27N3O4. The number of hydrogen-bond acceptors (Lipinski definition) is 3. The number of likely N-dealkylation sites (tertiary alicyclic amines) is 2. The van der Waals surface area contributed by atoms with Crippen LogP contribution in [0.4, 0.5) is 10.5 Å². The predicted octanol–water partition coefficient (Wildman–Crippen LogP) is 2.70. The summed E-state index contributed by atoms with van der Waals surface area (Å²) in [4.78, 5) is 39.3. The number of rotatable bonds is 3. The summed E-state index contributed by atoms with van der Waals surface area (Å²) < 4.78 is 0. The standard InChI is InChI=1S/C20H27N3O4/c1-14-3-5-16(6-4-14)21-19(27)22-11-9-20(10-12-22)8-7-17(24)23(13-20)15(2)18(25)26/h3-6,15H,7-13H2,1-2H3,(H,21,27)(H,25,26). The van der Waals surface area contributed by atoms with Crippen LogP contribution in [-0.4, -0.2) is 58.5 Å². The molecule has 0 aliphatic carbocycles. The number of piperidine rings is 2. The second-order valence-electron chi connectivity index (χ2n) is 7.82. The van der Waals surface area contributed by atoms with Gasteiger partial charge in [0.05, 0.1) is 0 Å². The van der Waals surface area contributed by atoms with Crippen LogP contribution in [0.25, 0.3) is 0 Å². The molecule has 7 nitrogen and oxygen atoms in total. The first-order valence-corrected chi connectivity index (χ1v) is 9.45. The van der Waals surface area contributed by atoms with E-state index in [0.717, 1.165) is 30.5 Å². The molecule has 0 aromatic heterocycles. The predicted molar refractivity (Wildman–Crippen MR) is 101 cm³/mol. The lowest BCUT2D eigenvalue weighted by atomic mass is 9.72. The summed E-state index contributed by atoms with van der Waals surface area (Å²) in [7, 11) is 0. The average molecular weight is 373 g/mol. The minimum absolute atomic E-state index is 0.0851. The largest absolute Gasteiger partial charge is 0.480 e. The maximum atomic E-state index is 12.5. The molecule has 3 amide bonds. The maximum absolute atomic E-state index is 12.5. The van der Waals surface area contributed by atoms with Crippen molar-refractivity contribution in [1.82, 2.24) is 9.80 Å². The maximum Gasteiger partial charge on any atom is 0.326 e. The fraction of sp³-hybridized carbons (Fsp3) is 0.550. The van der Waals surface area contributed by atoms with E-state index in [0.29, 0.717) is 26.1 Å². The lowest BCUT2D eigenvalue weighted by Gasteiger charge is -2.48. The number of amides is 3. The molecule has 0 saturated carbocycles. The zero-order valence-electron chi connectivity index (χ0n) is 15.9. The Morgan fingerprint density at radius 2 is 1.78 bits per heavy atom. The van der Waals surface area contributed by atoms with Crippen LogP contribution in [-0.2, 0) is 9.59 Å². The molecule has 27 heavy (non-hydrogen) atoms. The van der Waals surface area contributed by atoms with E-state index in [1.807, 2.05) is 31.2 Å². The van der Waals surface area contributed by atoms with Crippen LogP contribution in [0.1, 0.15) is 38.2 Å². The van der Waals surface area contributed by atoms with Crippen molar-refractivity contribution in [3.63, 3.8) is 0 Å². The van der Waals surface area contributed by atoms with E-state index in [2.05, 4.69) is 5.32 Å². The van der Waals surface area contributed by atoms with Crippen molar-refractivity contribution in [2.45, 2.75) is 45.6 Å². The normalized spacial score (nSPS) is 20.4. The number of carbonyl (C=O) groups excluding carboxylic acids is 2. The Bertz CT molecular complexity index is 723. The number of benzene rings is 1. The molecule has 146 valence electrons. The van der Waals surface area contributed by atoms with Crippen molar-refractivity contribution in [3.8, 4) is 0 Å². The van der Waals surface area contributed by atoms with Crippen molar-refractivity contribution in [1.29, 1.82) is 0 Å². The fourth-order valence-corrected chi connectivity index (χ4v) is 3.96. The number of carboxylic acid groups (broad SMARTS) is 1. The molecule has 2 saturated heterocycles. The molecule has 3 rings (SSSR count). The van der Waals surface area contributed by atoms with Gasteiger partial charge in [-0.25, -0.2) is 9.59 Å². The van der Waals surface area contributed by atoms with Crippen LogP contribution in [0.3, 0.4) is 0 Å². The van der Waals surface area contributed by atoms with Gasteiger partial charge in [0.1, 0.15) is 6.04 Å². The van der Waals surface area contributed by atoms with Crippen molar-refractivity contribution in [2.24, 2.45) is 5.41 Å². The van der Waals surface area contributed by atoms with E-state index in [9.17, 15) is 19.5 Å². The minimum Gasteiger partial charge on any atom is -0.480 e. The third-order valence-electron chi connectivity index (χ3n) is 5.93. The van der Waals surface area contributed by atoms with E-state index in [-0.39, 0.29) is 17.4 Å². The van der Waals surface area contributed by atoms with Crippen LogP contribution in [0.15, 0.2) is 24.3 Å². The summed E-state index contributed by atoms with van der Waals surface area (Å²) in [6.45, 7) is 5.25. The van der Waals surface area contributed by atoms with Gasteiger partial charge in [0.15, 0.2) is 0 Å². The van der Waals surface area contributed by atoms with Crippen molar-refractivity contribution in [3.05, 3.63) is 29.8 Å². The van der Waals surface area contributed by atoms with Gasteiger partial charge in [-0.15, -0.1) is 0 Å². The first-order valence-electron chi connectivity index (χ1n) is 9.45. The molecule has 7 heteroatoms. The second-order valence-corrected chi connectivity index (χ2v) is 7.82. The van der Waals surface area contributed by atoms with E-state index in [1.165, 1.54) is 4.90 Å². The van der Waals surface area contributed by atoms with Gasteiger partial charge in [-0.05, 0) is 50.7 Å². The summed E-state index contributed by atoms with van der Waals surface area (Å²) >= 11 is 0. The third-order valence-corrected chi connectivity index (χ3v) is 5.93. The number of anilines is 1. The molecule has 1 atom stereocenters. The third kappa shape index (κ3) is 4.23. The Labute approximate surface area is 159 Å². The van der Waals surface area contributed by atoms with Crippen molar-refractivity contribution < 1.29 is 19.5 Å². The Kier molecular flexibility index (Phi) is 5.39. The summed E-state index contributed by atoms with van der Waals surface area (Å²) in [5.74, 6) is -1.06. The number of hydrogen-bond donors (Lipinski definition) is 2. The summed E-state index contributed by atoms with van der Waals surface area (Å²) in [5.41, 5.74) is 1.83. The van der Waals surface area contributed by atoms with Gasteiger partial charge in [-0.2, -0.15) is 0 Å². The molecule has 1 aromatic rings. The number of nitrogens with one attached hydrogen (secondary N) is 1. The SMILES string of the molecule is Cc1ccc(NC(=O)N2CCC3(CCC(=O)N(C(C)C(=O)O)C3)CC2)cc1. The molecule has 2 N–H and O–H groups in total. The van der Waals surface area contributed by atoms with Gasteiger partial charge in [-0.3, -0.25) is 4.79 Å². The highest BCUT2D eigenvalue weighted by atomic mass is 16.4. The molecule has 2 aliphatic rings. The van der Waals surface area contributed by atoms with Crippen LogP contribution >= 0.6 is 0 Å². The molecule has 0 bridgehead atoms. The minimum atomic E-state index is -0.977. The van der Waals surface area contributed by atoms with Crippen LogP contribution in [0.2, 0.25) is 0 Å². The van der Waals surface area contributed by atoms with E-state index >= 15 is 0 Å². The topological polar surface area (TPSA) is 90.0 Å². The molecule has 2 aliphatic heterocycles. The molecule has 1 aromatic carbocycles. The Morgan fingerprint density at radius 3 is 2.37 bits per heavy atom. The summed E-state index contributed by atoms with van der Waals surface area (Å²) in [5, 5.41) is 12.2. The highest BCUT2D eigenvalue weighted by molar-refractivity contribution is 5.89. The highest BCUT2D eigenvalue weighted by Crippen LogP contribution is 2.40. The number of aliphatic carboxylic acids is 1. The van der Waals surface area contributed by atoms with Gasteiger partial charge in [-0.1, -0.05) is 17.7 Å². The molecule has 1 unspecified atom stereocenters. The monoisotopic (exact) mass is 373 g/mol. The summed E-state index contributed by atoms with van der Waals surface area (Å²) in [6, 6.07) is 6.76. The van der Waals surface area contributed by atoms with Gasteiger partial charge in [0, 0.05) is 31.7 Å². The lowest BCUT2D eigenvalue weighted by Crippen LogP contribution is -2.56. The van der Waals surface area contributed by atoms with Crippen molar-refractivity contribution >= 4 is 23.6 Å². The van der Waals surface area contributed by atoms with Crippen LogP contribution < -0.4 is 5.32 Å². The Morgan fingerprint density at radius 1 is 1.15 bits per heavy atom. The summed E-state index contributed by atoms with van der Waals surface area (Å²) in [6.07, 6.45) is 2.71. The van der Waals surface area contributed by atoms with Gasteiger partial charge in [0.25, 0.3) is 0 Å². The van der Waals surface area contributed by atoms with Crippen LogP contribution in [0, 0.1) is 12.3 Å². The average Bonchev–Trinajstić information content (AvgIpc) is 2.65.